The summed E-state index contributed by atoms with van der Waals surface area (Å²) in [6.07, 6.45) is -0.704. The van der Waals surface area contributed by atoms with Gasteiger partial charge >= 0.3 is 6.03 Å². The highest BCUT2D eigenvalue weighted by Gasteiger charge is 2.41. The van der Waals surface area contributed by atoms with Crippen LogP contribution in [0.3, 0.4) is 0 Å². The SMILES string of the molecule is CC(C)(C)c1ccc(NC(=O)C(NC(=O)N2CC[C@H](O)C2)C2CCC(F)(F)CC2)cc1F. The number of benzene rings is 1. The number of anilines is 1. The summed E-state index contributed by atoms with van der Waals surface area (Å²) in [7, 11) is 0. The van der Waals surface area contributed by atoms with Gasteiger partial charge in [-0.3, -0.25) is 4.79 Å². The molecular formula is C23H32F3N3O3. The maximum atomic E-state index is 14.6. The Kier molecular flexibility index (Phi) is 7.07. The minimum atomic E-state index is -2.77. The van der Waals surface area contributed by atoms with Gasteiger partial charge < -0.3 is 20.6 Å². The minimum Gasteiger partial charge on any atom is -0.391 e. The molecule has 3 amide bonds. The van der Waals surface area contributed by atoms with Gasteiger partial charge in [0.2, 0.25) is 11.8 Å². The number of aliphatic hydroxyl groups excluding tert-OH is 1. The third-order valence-corrected chi connectivity index (χ3v) is 6.29. The van der Waals surface area contributed by atoms with Crippen LogP contribution in [0, 0.1) is 11.7 Å². The van der Waals surface area contributed by atoms with Crippen molar-refractivity contribution < 1.29 is 27.9 Å². The molecule has 3 N–H and O–H groups in total. The van der Waals surface area contributed by atoms with Crippen LogP contribution in [0.15, 0.2) is 18.2 Å². The van der Waals surface area contributed by atoms with E-state index >= 15 is 0 Å². The van der Waals surface area contributed by atoms with E-state index < -0.39 is 47.2 Å². The van der Waals surface area contributed by atoms with Crippen LogP contribution in [0.25, 0.3) is 0 Å². The highest BCUT2D eigenvalue weighted by molar-refractivity contribution is 5.97. The Hall–Kier alpha value is -2.29. The van der Waals surface area contributed by atoms with Gasteiger partial charge in [0.1, 0.15) is 11.9 Å². The number of carbonyl (C=O) groups is 2. The first-order valence-electron chi connectivity index (χ1n) is 11.1. The average Bonchev–Trinajstić information content (AvgIpc) is 3.12. The van der Waals surface area contributed by atoms with E-state index in [1.165, 1.54) is 11.0 Å². The monoisotopic (exact) mass is 455 g/mol. The van der Waals surface area contributed by atoms with Crippen molar-refractivity contribution in [3.8, 4) is 0 Å². The summed E-state index contributed by atoms with van der Waals surface area (Å²) >= 11 is 0. The van der Waals surface area contributed by atoms with Crippen molar-refractivity contribution in [2.45, 2.75) is 76.4 Å². The molecule has 9 heteroatoms. The number of hydrogen-bond donors (Lipinski definition) is 3. The second kappa shape index (κ2) is 9.29. The fourth-order valence-electron chi connectivity index (χ4n) is 4.36. The zero-order valence-electron chi connectivity index (χ0n) is 18.8. The Labute approximate surface area is 186 Å². The minimum absolute atomic E-state index is 0.0886. The van der Waals surface area contributed by atoms with Crippen molar-refractivity contribution in [3.63, 3.8) is 0 Å². The molecule has 0 spiro atoms. The molecule has 2 aliphatic rings. The number of likely N-dealkylation sites (tertiary alicyclic amines) is 1. The summed E-state index contributed by atoms with van der Waals surface area (Å²) in [5.74, 6) is -4.27. The smallest absolute Gasteiger partial charge is 0.318 e. The maximum Gasteiger partial charge on any atom is 0.318 e. The lowest BCUT2D eigenvalue weighted by molar-refractivity contribution is -0.121. The van der Waals surface area contributed by atoms with Crippen LogP contribution in [0.2, 0.25) is 0 Å². The number of nitrogens with one attached hydrogen (secondary N) is 2. The number of β-amino-alcohol motifs (C(OH)–C–C–N with tert-alkyl or cyclic N) is 1. The van der Waals surface area contributed by atoms with E-state index in [0.29, 0.717) is 18.5 Å². The van der Waals surface area contributed by atoms with Gasteiger partial charge in [-0.05, 0) is 48.3 Å². The van der Waals surface area contributed by atoms with Gasteiger partial charge in [-0.25, -0.2) is 18.0 Å². The number of rotatable bonds is 4. The molecule has 2 fully saturated rings. The zero-order chi connectivity index (χ0) is 23.7. The van der Waals surface area contributed by atoms with E-state index in [0.717, 1.165) is 0 Å². The molecule has 178 valence electrons. The summed E-state index contributed by atoms with van der Waals surface area (Å²) in [5, 5.41) is 15.0. The third-order valence-electron chi connectivity index (χ3n) is 6.29. The number of carbonyl (C=O) groups excluding carboxylic acids is 2. The van der Waals surface area contributed by atoms with Crippen molar-refractivity contribution in [2.75, 3.05) is 18.4 Å². The molecule has 3 rings (SSSR count). The van der Waals surface area contributed by atoms with Crippen LogP contribution in [0.4, 0.5) is 23.7 Å². The summed E-state index contributed by atoms with van der Waals surface area (Å²) < 4.78 is 41.9. The molecule has 1 aliphatic heterocycles. The Morgan fingerprint density at radius 3 is 2.38 bits per heavy atom. The normalized spacial score (nSPS) is 22.5. The molecule has 1 aromatic rings. The molecular weight excluding hydrogens is 423 g/mol. The second-order valence-corrected chi connectivity index (χ2v) is 9.94. The molecule has 6 nitrogen and oxygen atoms in total. The molecule has 0 aromatic heterocycles. The van der Waals surface area contributed by atoms with Crippen LogP contribution in [-0.4, -0.2) is 53.1 Å². The number of nitrogens with zero attached hydrogens (tertiary/aromatic N) is 1. The van der Waals surface area contributed by atoms with Crippen LogP contribution >= 0.6 is 0 Å². The highest BCUT2D eigenvalue weighted by Crippen LogP contribution is 2.38. The molecule has 1 saturated heterocycles. The van der Waals surface area contributed by atoms with Crippen LogP contribution in [0.5, 0.6) is 0 Å². The first-order valence-corrected chi connectivity index (χ1v) is 11.1. The van der Waals surface area contributed by atoms with Gasteiger partial charge in [0, 0.05) is 31.6 Å². The summed E-state index contributed by atoms with van der Waals surface area (Å²) in [5.41, 5.74) is 0.330. The summed E-state index contributed by atoms with van der Waals surface area (Å²) in [6.45, 7) is 6.14. The summed E-state index contributed by atoms with van der Waals surface area (Å²) in [4.78, 5) is 27.1. The molecule has 1 saturated carbocycles. The Balaban J connectivity index is 1.75. The average molecular weight is 456 g/mol. The van der Waals surface area contributed by atoms with Gasteiger partial charge in [-0.2, -0.15) is 0 Å². The molecule has 1 aliphatic carbocycles. The number of aliphatic hydroxyl groups is 1. The largest absolute Gasteiger partial charge is 0.391 e. The first kappa shape index (κ1) is 24.4. The van der Waals surface area contributed by atoms with Crippen molar-refractivity contribution in [1.29, 1.82) is 0 Å². The van der Waals surface area contributed by atoms with E-state index in [4.69, 9.17) is 0 Å². The Morgan fingerprint density at radius 2 is 1.84 bits per heavy atom. The lowest BCUT2D eigenvalue weighted by Crippen LogP contribution is -2.53. The van der Waals surface area contributed by atoms with E-state index in [2.05, 4.69) is 10.6 Å². The van der Waals surface area contributed by atoms with Crippen LogP contribution in [-0.2, 0) is 10.2 Å². The Bertz CT molecular complexity index is 847. The topological polar surface area (TPSA) is 81.7 Å². The number of halogens is 3. The van der Waals surface area contributed by atoms with Gasteiger partial charge in [0.15, 0.2) is 0 Å². The van der Waals surface area contributed by atoms with E-state index in [1.54, 1.807) is 12.1 Å². The van der Waals surface area contributed by atoms with Gasteiger partial charge in [-0.1, -0.05) is 26.8 Å². The van der Waals surface area contributed by atoms with Gasteiger partial charge in [0.25, 0.3) is 0 Å². The van der Waals surface area contributed by atoms with E-state index in [1.807, 2.05) is 20.8 Å². The number of amides is 3. The van der Waals surface area contributed by atoms with Gasteiger partial charge in [0.05, 0.1) is 6.10 Å². The molecule has 0 bridgehead atoms. The lowest BCUT2D eigenvalue weighted by atomic mass is 9.81. The highest BCUT2D eigenvalue weighted by atomic mass is 19.3. The second-order valence-electron chi connectivity index (χ2n) is 9.94. The van der Waals surface area contributed by atoms with Gasteiger partial charge in [-0.15, -0.1) is 0 Å². The predicted octanol–water partition coefficient (Wildman–Crippen LogP) is 4.03. The van der Waals surface area contributed by atoms with Crippen molar-refractivity contribution >= 4 is 17.6 Å². The third kappa shape index (κ3) is 5.94. The van der Waals surface area contributed by atoms with Crippen molar-refractivity contribution in [2.24, 2.45) is 5.92 Å². The maximum absolute atomic E-state index is 14.6. The van der Waals surface area contributed by atoms with Crippen LogP contribution < -0.4 is 10.6 Å². The van der Waals surface area contributed by atoms with Crippen molar-refractivity contribution in [1.82, 2.24) is 10.2 Å². The molecule has 32 heavy (non-hydrogen) atoms. The molecule has 1 unspecified atom stereocenters. The van der Waals surface area contributed by atoms with E-state index in [-0.39, 0.29) is 37.9 Å². The molecule has 0 radical (unpaired) electrons. The summed E-state index contributed by atoms with van der Waals surface area (Å²) in [6, 6.07) is 2.86. The zero-order valence-corrected chi connectivity index (χ0v) is 18.8. The standard InChI is InChI=1S/C23H32F3N3O3/c1-22(2,3)17-5-4-15(12-18(17)24)27-20(31)19(14-6-9-23(25,26)10-7-14)28-21(32)29-11-8-16(30)13-29/h4-5,12,14,16,19,30H,6-11,13H2,1-3H3,(H,27,31)(H,28,32)/t16-,19?/m0/s1. The number of alkyl halides is 2. The number of hydrogen-bond acceptors (Lipinski definition) is 3. The first-order chi connectivity index (χ1) is 14.9. The fourth-order valence-corrected chi connectivity index (χ4v) is 4.36. The Morgan fingerprint density at radius 1 is 1.19 bits per heavy atom. The van der Waals surface area contributed by atoms with Crippen LogP contribution in [0.1, 0.15) is 58.4 Å². The molecule has 2 atom stereocenters. The number of urea groups is 1. The molecule has 1 aromatic carbocycles. The quantitative estimate of drug-likeness (QED) is 0.641. The van der Waals surface area contributed by atoms with Crippen molar-refractivity contribution in [3.05, 3.63) is 29.6 Å². The predicted molar refractivity (Wildman–Crippen MR) is 115 cm³/mol. The lowest BCUT2D eigenvalue weighted by Gasteiger charge is -2.34. The molecule has 1 heterocycles. The fraction of sp³-hybridized carbons (Fsp3) is 0.652. The van der Waals surface area contributed by atoms with E-state index in [9.17, 15) is 27.9 Å².